The minimum Gasteiger partial charge on any atom is -0.457 e. The van der Waals surface area contributed by atoms with Crippen molar-refractivity contribution in [3.63, 3.8) is 0 Å². The molecule has 5 heteroatoms. The van der Waals surface area contributed by atoms with E-state index in [1.54, 1.807) is 0 Å². The first kappa shape index (κ1) is 11.2. The molecule has 3 rings (SSSR count). The van der Waals surface area contributed by atoms with Gasteiger partial charge in [0.1, 0.15) is 0 Å². The van der Waals surface area contributed by atoms with E-state index in [1.165, 1.54) is 5.69 Å². The first-order valence-corrected chi connectivity index (χ1v) is 6.36. The number of piperidine rings is 1. The van der Waals surface area contributed by atoms with Crippen molar-refractivity contribution >= 4 is 17.3 Å². The molecule has 0 aromatic heterocycles. The number of hydrogen-bond donors (Lipinski definition) is 2. The van der Waals surface area contributed by atoms with Crippen molar-refractivity contribution in [3.05, 3.63) is 24.3 Å². The lowest BCUT2D eigenvalue weighted by atomic mass is 9.96. The predicted octanol–water partition coefficient (Wildman–Crippen LogP) is 1.38. The van der Waals surface area contributed by atoms with Gasteiger partial charge in [-0.15, -0.1) is 5.10 Å². The van der Waals surface area contributed by atoms with E-state index in [0.717, 1.165) is 37.5 Å². The lowest BCUT2D eigenvalue weighted by Gasteiger charge is -2.33. The van der Waals surface area contributed by atoms with E-state index in [0.29, 0.717) is 12.6 Å². The summed E-state index contributed by atoms with van der Waals surface area (Å²) in [5.41, 5.74) is 10.6. The first-order chi connectivity index (χ1) is 8.83. The van der Waals surface area contributed by atoms with Gasteiger partial charge in [0.05, 0.1) is 0 Å². The number of rotatable bonds is 2. The molecule has 0 unspecified atom stereocenters. The van der Waals surface area contributed by atoms with Crippen LogP contribution in [-0.2, 0) is 4.74 Å². The van der Waals surface area contributed by atoms with E-state index in [-0.39, 0.29) is 0 Å². The Morgan fingerprint density at radius 1 is 1.22 bits per heavy atom. The minimum absolute atomic E-state index is 0.463. The second-order valence-corrected chi connectivity index (χ2v) is 4.75. The maximum atomic E-state index is 5.70. The van der Waals surface area contributed by atoms with Crippen molar-refractivity contribution in [1.29, 1.82) is 0 Å². The molecule has 2 heterocycles. The third kappa shape index (κ3) is 2.20. The van der Waals surface area contributed by atoms with Crippen molar-refractivity contribution < 1.29 is 4.74 Å². The normalized spacial score (nSPS) is 20.2. The van der Waals surface area contributed by atoms with Crippen LogP contribution < -0.4 is 16.1 Å². The second kappa shape index (κ2) is 4.76. The summed E-state index contributed by atoms with van der Waals surface area (Å²) >= 11 is 0. The number of ether oxygens (including phenoxy) is 1. The second-order valence-electron chi connectivity index (χ2n) is 4.75. The highest BCUT2D eigenvalue weighted by Crippen LogP contribution is 2.25. The Kier molecular flexibility index (Phi) is 2.96. The molecular formula is C13H18N4O. The number of nitrogens with zero attached hydrogens (tertiary/aromatic N) is 2. The fraction of sp³-hybridized carbons (Fsp3) is 0.462. The number of benzene rings is 1. The van der Waals surface area contributed by atoms with Gasteiger partial charge in [-0.2, -0.15) is 0 Å². The smallest absolute Gasteiger partial charge is 0.210 e. The molecule has 0 saturated carbocycles. The van der Waals surface area contributed by atoms with Gasteiger partial charge >= 0.3 is 0 Å². The lowest BCUT2D eigenvalue weighted by Crippen LogP contribution is -2.36. The van der Waals surface area contributed by atoms with Gasteiger partial charge < -0.3 is 15.4 Å². The summed E-state index contributed by atoms with van der Waals surface area (Å²) in [5.74, 6) is 1.34. The van der Waals surface area contributed by atoms with Gasteiger partial charge in [-0.25, -0.2) is 0 Å². The van der Waals surface area contributed by atoms with Gasteiger partial charge in [0.2, 0.25) is 5.90 Å². The fourth-order valence-electron chi connectivity index (χ4n) is 2.53. The van der Waals surface area contributed by atoms with E-state index in [4.69, 9.17) is 10.5 Å². The maximum absolute atomic E-state index is 5.70. The molecule has 1 fully saturated rings. The van der Waals surface area contributed by atoms with E-state index in [2.05, 4.69) is 27.6 Å². The Morgan fingerprint density at radius 2 is 1.94 bits per heavy atom. The van der Waals surface area contributed by atoms with Crippen molar-refractivity contribution in [2.75, 3.05) is 30.5 Å². The van der Waals surface area contributed by atoms with Crippen LogP contribution in [0.2, 0.25) is 0 Å². The first-order valence-electron chi connectivity index (χ1n) is 6.36. The van der Waals surface area contributed by atoms with Gasteiger partial charge in [0.15, 0.2) is 6.73 Å². The highest BCUT2D eigenvalue weighted by atomic mass is 16.5. The Balaban J connectivity index is 1.61. The molecule has 0 radical (unpaired) electrons. The van der Waals surface area contributed by atoms with Crippen molar-refractivity contribution in [2.24, 2.45) is 11.0 Å². The zero-order valence-corrected chi connectivity index (χ0v) is 10.3. The van der Waals surface area contributed by atoms with Gasteiger partial charge in [-0.05, 0) is 37.1 Å². The average Bonchev–Trinajstić information content (AvgIpc) is 2.94. The van der Waals surface area contributed by atoms with Crippen LogP contribution >= 0.6 is 0 Å². The summed E-state index contributed by atoms with van der Waals surface area (Å²) in [6.45, 7) is 2.60. The molecule has 1 aromatic rings. The molecule has 1 aromatic carbocycles. The van der Waals surface area contributed by atoms with Crippen LogP contribution in [-0.4, -0.2) is 25.7 Å². The molecule has 2 aliphatic heterocycles. The molecule has 96 valence electrons. The molecule has 3 N–H and O–H groups in total. The summed E-state index contributed by atoms with van der Waals surface area (Å²) in [5, 5.41) is 4.18. The molecule has 0 bridgehead atoms. The third-order valence-electron chi connectivity index (χ3n) is 3.58. The van der Waals surface area contributed by atoms with E-state index >= 15 is 0 Å². The topological polar surface area (TPSA) is 62.9 Å². The van der Waals surface area contributed by atoms with Gasteiger partial charge in [0, 0.05) is 30.4 Å². The molecule has 0 spiro atoms. The zero-order valence-electron chi connectivity index (χ0n) is 10.3. The minimum atomic E-state index is 0.463. The summed E-state index contributed by atoms with van der Waals surface area (Å²) in [6.07, 6.45) is 2.18. The zero-order chi connectivity index (χ0) is 12.4. The molecule has 5 nitrogen and oxygen atoms in total. The average molecular weight is 246 g/mol. The van der Waals surface area contributed by atoms with Crippen LogP contribution in [0.1, 0.15) is 12.8 Å². The molecule has 0 atom stereocenters. The summed E-state index contributed by atoms with van der Waals surface area (Å²) < 4.78 is 5.45. The number of hydrogen-bond acceptors (Lipinski definition) is 5. The number of nitrogens with one attached hydrogen (secondary N) is 1. The van der Waals surface area contributed by atoms with Gasteiger partial charge in [-0.1, -0.05) is 0 Å². The van der Waals surface area contributed by atoms with Crippen molar-refractivity contribution in [3.8, 4) is 0 Å². The van der Waals surface area contributed by atoms with E-state index < -0.39 is 0 Å². The number of anilines is 2. The SMILES string of the molecule is Nc1ccc(N2CCC(C3=NNCO3)CC2)cc1. The monoisotopic (exact) mass is 246 g/mol. The molecular weight excluding hydrogens is 228 g/mol. The van der Waals surface area contributed by atoms with E-state index in [1.807, 2.05) is 12.1 Å². The summed E-state index contributed by atoms with van der Waals surface area (Å²) in [6, 6.07) is 8.08. The van der Waals surface area contributed by atoms with Crippen LogP contribution in [0, 0.1) is 5.92 Å². The highest BCUT2D eigenvalue weighted by molar-refractivity contribution is 5.79. The Hall–Kier alpha value is -1.91. The van der Waals surface area contributed by atoms with Crippen LogP contribution in [0.25, 0.3) is 0 Å². The number of nitrogen functional groups attached to an aromatic ring is 1. The Bertz CT molecular complexity index is 435. The standard InChI is InChI=1S/C13H18N4O/c14-11-1-3-12(4-2-11)17-7-5-10(6-8-17)13-16-15-9-18-13/h1-4,10,15H,5-9,14H2. The highest BCUT2D eigenvalue weighted by Gasteiger charge is 2.26. The van der Waals surface area contributed by atoms with Crippen LogP contribution in [0.5, 0.6) is 0 Å². The number of nitrogens with two attached hydrogens (primary N) is 1. The third-order valence-corrected chi connectivity index (χ3v) is 3.58. The Morgan fingerprint density at radius 3 is 2.56 bits per heavy atom. The molecule has 1 saturated heterocycles. The number of hydrazone groups is 1. The molecule has 0 aliphatic carbocycles. The van der Waals surface area contributed by atoms with Crippen LogP contribution in [0.4, 0.5) is 11.4 Å². The Labute approximate surface area is 107 Å². The quantitative estimate of drug-likeness (QED) is 0.774. The summed E-state index contributed by atoms with van der Waals surface area (Å²) in [7, 11) is 0. The molecule has 0 amide bonds. The van der Waals surface area contributed by atoms with Gasteiger partial charge in [-0.3, -0.25) is 5.43 Å². The summed E-state index contributed by atoms with van der Waals surface area (Å²) in [4.78, 5) is 2.39. The molecule has 2 aliphatic rings. The van der Waals surface area contributed by atoms with Crippen molar-refractivity contribution in [2.45, 2.75) is 12.8 Å². The van der Waals surface area contributed by atoms with Crippen molar-refractivity contribution in [1.82, 2.24) is 5.43 Å². The maximum Gasteiger partial charge on any atom is 0.210 e. The van der Waals surface area contributed by atoms with Crippen LogP contribution in [0.15, 0.2) is 29.4 Å². The molecule has 18 heavy (non-hydrogen) atoms. The lowest BCUT2D eigenvalue weighted by molar-refractivity contribution is 0.286. The largest absolute Gasteiger partial charge is 0.457 e. The van der Waals surface area contributed by atoms with Crippen LogP contribution in [0.3, 0.4) is 0 Å². The predicted molar refractivity (Wildman–Crippen MR) is 72.3 cm³/mol. The van der Waals surface area contributed by atoms with Gasteiger partial charge in [0.25, 0.3) is 0 Å². The van der Waals surface area contributed by atoms with E-state index in [9.17, 15) is 0 Å². The fourth-order valence-corrected chi connectivity index (χ4v) is 2.53.